The Hall–Kier alpha value is -4.20. The van der Waals surface area contributed by atoms with Crippen molar-refractivity contribution in [2.45, 2.75) is 0 Å². The van der Waals surface area contributed by atoms with Gasteiger partial charge >= 0.3 is 5.97 Å². The van der Waals surface area contributed by atoms with Gasteiger partial charge in [-0.05, 0) is 64.9 Å². The normalized spacial score (nSPS) is 10.8. The van der Waals surface area contributed by atoms with Crippen LogP contribution < -0.4 is 15.5 Å². The third-order valence-electron chi connectivity index (χ3n) is 5.09. The first-order chi connectivity index (χ1) is 17.4. The summed E-state index contributed by atoms with van der Waals surface area (Å²) in [5, 5.41) is 8.84. The molecule has 4 aromatic carbocycles. The maximum absolute atomic E-state index is 12.5. The van der Waals surface area contributed by atoms with Crippen LogP contribution in [0.15, 0.2) is 90.0 Å². The molecule has 0 unspecified atom stereocenters. The number of carbonyl (C=O) groups excluding carboxylic acids is 3. The lowest BCUT2D eigenvalue weighted by molar-refractivity contribution is -0.120. The van der Waals surface area contributed by atoms with E-state index in [9.17, 15) is 14.4 Å². The molecule has 0 saturated carbocycles. The van der Waals surface area contributed by atoms with Gasteiger partial charge in [-0.15, -0.1) is 0 Å². The van der Waals surface area contributed by atoms with Gasteiger partial charge in [-0.3, -0.25) is 9.59 Å². The summed E-state index contributed by atoms with van der Waals surface area (Å²) in [5.41, 5.74) is 3.70. The largest absolute Gasteiger partial charge is 0.423 e. The molecule has 36 heavy (non-hydrogen) atoms. The van der Waals surface area contributed by atoms with Crippen molar-refractivity contribution >= 4 is 58.0 Å². The van der Waals surface area contributed by atoms with E-state index in [0.717, 1.165) is 10.8 Å². The second-order valence-corrected chi connectivity index (χ2v) is 8.43. The highest BCUT2D eigenvalue weighted by atomic mass is 35.5. The number of halogens is 2. The SMILES string of the molecule is O=C(CNC(=O)c1cccc2ccccc12)N/N=C/c1ccc(OC(=O)c2ccc(Cl)cc2Cl)cc1. The molecular weight excluding hydrogens is 501 g/mol. The maximum Gasteiger partial charge on any atom is 0.345 e. The number of nitrogens with one attached hydrogen (secondary N) is 2. The van der Waals surface area contributed by atoms with E-state index in [4.69, 9.17) is 27.9 Å². The first-order valence-electron chi connectivity index (χ1n) is 10.8. The monoisotopic (exact) mass is 519 g/mol. The van der Waals surface area contributed by atoms with E-state index >= 15 is 0 Å². The minimum atomic E-state index is -0.615. The smallest absolute Gasteiger partial charge is 0.345 e. The highest BCUT2D eigenvalue weighted by Crippen LogP contribution is 2.23. The molecule has 0 heterocycles. The number of benzene rings is 4. The van der Waals surface area contributed by atoms with Crippen molar-refractivity contribution in [2.24, 2.45) is 5.10 Å². The number of rotatable bonds is 7. The van der Waals surface area contributed by atoms with Crippen LogP contribution in [0, 0.1) is 0 Å². The predicted octanol–water partition coefficient (Wildman–Crippen LogP) is 5.25. The van der Waals surface area contributed by atoms with E-state index in [1.165, 1.54) is 18.3 Å². The molecule has 0 fully saturated rings. The van der Waals surface area contributed by atoms with Crippen molar-refractivity contribution in [3.63, 3.8) is 0 Å². The Bertz CT molecular complexity index is 1460. The van der Waals surface area contributed by atoms with Crippen LogP contribution in [0.5, 0.6) is 5.75 Å². The minimum Gasteiger partial charge on any atom is -0.423 e. The van der Waals surface area contributed by atoms with Gasteiger partial charge in [-0.1, -0.05) is 59.6 Å². The maximum atomic E-state index is 12.5. The summed E-state index contributed by atoms with van der Waals surface area (Å²) in [5.74, 6) is -1.14. The second kappa shape index (κ2) is 11.5. The third-order valence-corrected chi connectivity index (χ3v) is 5.64. The lowest BCUT2D eigenvalue weighted by atomic mass is 10.0. The highest BCUT2D eigenvalue weighted by molar-refractivity contribution is 6.36. The molecule has 0 saturated heterocycles. The molecule has 0 bridgehead atoms. The zero-order valence-electron chi connectivity index (χ0n) is 18.7. The molecule has 180 valence electrons. The van der Waals surface area contributed by atoms with Crippen molar-refractivity contribution in [2.75, 3.05) is 6.54 Å². The van der Waals surface area contributed by atoms with Crippen molar-refractivity contribution in [3.05, 3.63) is 112 Å². The number of nitrogens with zero attached hydrogens (tertiary/aromatic N) is 1. The van der Waals surface area contributed by atoms with E-state index in [1.807, 2.05) is 30.3 Å². The molecule has 0 spiro atoms. The number of esters is 1. The van der Waals surface area contributed by atoms with Crippen LogP contribution in [0.2, 0.25) is 10.0 Å². The van der Waals surface area contributed by atoms with Gasteiger partial charge in [0.1, 0.15) is 5.75 Å². The summed E-state index contributed by atoms with van der Waals surface area (Å²) < 4.78 is 5.32. The summed E-state index contributed by atoms with van der Waals surface area (Å²) in [7, 11) is 0. The topological polar surface area (TPSA) is 96.9 Å². The van der Waals surface area contributed by atoms with Crippen molar-refractivity contribution < 1.29 is 19.1 Å². The van der Waals surface area contributed by atoms with E-state index in [-0.39, 0.29) is 23.0 Å². The third kappa shape index (κ3) is 6.27. The van der Waals surface area contributed by atoms with E-state index in [0.29, 0.717) is 21.9 Å². The van der Waals surface area contributed by atoms with Crippen LogP contribution in [0.25, 0.3) is 10.8 Å². The fourth-order valence-corrected chi connectivity index (χ4v) is 3.82. The first kappa shape index (κ1) is 24.9. The van der Waals surface area contributed by atoms with Gasteiger partial charge < -0.3 is 10.1 Å². The van der Waals surface area contributed by atoms with Gasteiger partial charge in [0.15, 0.2) is 0 Å². The molecule has 0 aliphatic heterocycles. The second-order valence-electron chi connectivity index (χ2n) is 7.59. The quantitative estimate of drug-likeness (QED) is 0.151. The molecule has 9 heteroatoms. The number of carbonyl (C=O) groups is 3. The highest BCUT2D eigenvalue weighted by Gasteiger charge is 2.13. The van der Waals surface area contributed by atoms with Gasteiger partial charge in [-0.2, -0.15) is 5.10 Å². The van der Waals surface area contributed by atoms with Crippen molar-refractivity contribution in [1.82, 2.24) is 10.7 Å². The van der Waals surface area contributed by atoms with Gasteiger partial charge in [0.05, 0.1) is 23.3 Å². The number of hydrogen-bond acceptors (Lipinski definition) is 5. The molecule has 0 radical (unpaired) electrons. The fraction of sp³-hybridized carbons (Fsp3) is 0.0370. The van der Waals surface area contributed by atoms with Crippen LogP contribution >= 0.6 is 23.2 Å². The summed E-state index contributed by atoms with van der Waals surface area (Å²) in [6, 6.07) is 23.9. The molecule has 0 aliphatic carbocycles. The molecule has 4 rings (SSSR count). The fourth-order valence-electron chi connectivity index (χ4n) is 3.34. The Morgan fingerprint density at radius 3 is 2.39 bits per heavy atom. The number of fused-ring (bicyclic) bond motifs is 1. The Morgan fingerprint density at radius 1 is 0.861 bits per heavy atom. The number of hydrazone groups is 1. The van der Waals surface area contributed by atoms with Crippen LogP contribution in [-0.2, 0) is 4.79 Å². The average molecular weight is 520 g/mol. The molecule has 2 amide bonds. The predicted molar refractivity (Wildman–Crippen MR) is 140 cm³/mol. The Kier molecular flexibility index (Phi) is 7.95. The summed E-state index contributed by atoms with van der Waals surface area (Å²) in [4.78, 5) is 36.9. The van der Waals surface area contributed by atoms with E-state index in [2.05, 4.69) is 15.8 Å². The molecular formula is C27H19Cl2N3O4. The van der Waals surface area contributed by atoms with Gasteiger partial charge in [0.2, 0.25) is 0 Å². The Morgan fingerprint density at radius 2 is 1.61 bits per heavy atom. The van der Waals surface area contributed by atoms with Crippen LogP contribution in [0.3, 0.4) is 0 Å². The first-order valence-corrected chi connectivity index (χ1v) is 11.5. The summed E-state index contributed by atoms with van der Waals surface area (Å²) >= 11 is 11.9. The number of ether oxygens (including phenoxy) is 1. The average Bonchev–Trinajstić information content (AvgIpc) is 2.88. The van der Waals surface area contributed by atoms with Gasteiger partial charge in [-0.25, -0.2) is 10.2 Å². The van der Waals surface area contributed by atoms with Crippen LogP contribution in [-0.4, -0.2) is 30.5 Å². The molecule has 0 atom stereocenters. The van der Waals surface area contributed by atoms with Gasteiger partial charge in [0.25, 0.3) is 11.8 Å². The van der Waals surface area contributed by atoms with E-state index < -0.39 is 11.9 Å². The van der Waals surface area contributed by atoms with Crippen molar-refractivity contribution in [3.8, 4) is 5.75 Å². The van der Waals surface area contributed by atoms with Crippen LogP contribution in [0.4, 0.5) is 0 Å². The van der Waals surface area contributed by atoms with Gasteiger partial charge in [0, 0.05) is 10.6 Å². The number of hydrogen-bond donors (Lipinski definition) is 2. The zero-order chi connectivity index (χ0) is 25.5. The summed E-state index contributed by atoms with van der Waals surface area (Å²) in [6.45, 7) is -0.235. The Labute approximate surface area is 216 Å². The summed E-state index contributed by atoms with van der Waals surface area (Å²) in [6.07, 6.45) is 1.42. The minimum absolute atomic E-state index is 0.195. The van der Waals surface area contributed by atoms with E-state index in [1.54, 1.807) is 42.5 Å². The lowest BCUT2D eigenvalue weighted by Crippen LogP contribution is -2.35. The molecule has 4 aromatic rings. The van der Waals surface area contributed by atoms with Crippen LogP contribution in [0.1, 0.15) is 26.3 Å². The molecule has 2 N–H and O–H groups in total. The number of amides is 2. The lowest BCUT2D eigenvalue weighted by Gasteiger charge is -2.07. The molecule has 0 aliphatic rings. The standard InChI is InChI=1S/C27H19Cl2N3O4/c28-19-10-13-23(24(29)14-19)27(35)36-20-11-8-17(9-12-20)15-31-32-25(33)16-30-26(34)22-7-3-5-18-4-1-2-6-21(18)22/h1-15H,16H2,(H,30,34)(H,32,33)/b31-15+. The van der Waals surface area contributed by atoms with Crippen molar-refractivity contribution in [1.29, 1.82) is 0 Å². The zero-order valence-corrected chi connectivity index (χ0v) is 20.2. The molecule has 7 nitrogen and oxygen atoms in total. The Balaban J connectivity index is 1.27. The molecule has 0 aromatic heterocycles.